The number of nitrogens with one attached hydrogen (secondary N) is 2. The minimum atomic E-state index is -0.547. The maximum Gasteiger partial charge on any atom is 0.291 e. The minimum absolute atomic E-state index is 0.0434. The molecule has 1 aromatic carbocycles. The Morgan fingerprint density at radius 2 is 1.93 bits per heavy atom. The first kappa shape index (κ1) is 17.3. The van der Waals surface area contributed by atoms with E-state index in [-0.39, 0.29) is 18.3 Å². The zero-order valence-electron chi connectivity index (χ0n) is 14.9. The number of fused-ring (bicyclic) bond motifs is 1. The lowest BCUT2D eigenvalue weighted by atomic mass is 10.3. The van der Waals surface area contributed by atoms with E-state index in [9.17, 15) is 9.59 Å². The first-order valence-corrected chi connectivity index (χ1v) is 8.47. The molecule has 0 saturated heterocycles. The summed E-state index contributed by atoms with van der Waals surface area (Å²) in [6.45, 7) is 1.62. The smallest absolute Gasteiger partial charge is 0.291 e. The number of nitrogens with zero attached hydrogens (tertiary/aromatic N) is 6. The number of rotatable bonds is 5. The highest BCUT2D eigenvalue weighted by Crippen LogP contribution is 2.12. The molecule has 0 atom stereocenters. The fourth-order valence-electron chi connectivity index (χ4n) is 2.57. The van der Waals surface area contributed by atoms with Crippen LogP contribution in [0, 0.1) is 6.92 Å². The number of carbonyl (C=O) groups is 2. The van der Waals surface area contributed by atoms with Gasteiger partial charge in [0, 0.05) is 30.0 Å². The zero-order valence-corrected chi connectivity index (χ0v) is 14.9. The van der Waals surface area contributed by atoms with Crippen molar-refractivity contribution < 1.29 is 9.59 Å². The molecule has 0 bridgehead atoms. The predicted octanol–water partition coefficient (Wildman–Crippen LogP) is 0.987. The van der Waals surface area contributed by atoms with Crippen molar-refractivity contribution >= 4 is 23.3 Å². The fourth-order valence-corrected chi connectivity index (χ4v) is 2.57. The Balaban J connectivity index is 1.34. The molecule has 10 heteroatoms. The maximum absolute atomic E-state index is 12.2. The van der Waals surface area contributed by atoms with Gasteiger partial charge in [0.15, 0.2) is 0 Å². The lowest BCUT2D eigenvalue weighted by Crippen LogP contribution is -2.33. The number of aryl methyl sites for hydroxylation is 1. The highest BCUT2D eigenvalue weighted by Gasteiger charge is 2.15. The SMILES string of the molecule is Cc1ccnc2nc(C(=O)NCC(=O)Nc3ccc(-n4cccn4)cc3)nn12. The summed E-state index contributed by atoms with van der Waals surface area (Å²) in [5.41, 5.74) is 2.28. The molecular weight excluding hydrogens is 360 g/mol. The molecule has 10 nitrogen and oxygen atoms in total. The Bertz CT molecular complexity index is 1130. The zero-order chi connectivity index (χ0) is 19.5. The van der Waals surface area contributed by atoms with Gasteiger partial charge in [0.1, 0.15) is 0 Å². The summed E-state index contributed by atoms with van der Waals surface area (Å²) in [5.74, 6) is -0.627. The monoisotopic (exact) mass is 376 g/mol. The molecule has 0 radical (unpaired) electrons. The number of carbonyl (C=O) groups excluding carboxylic acids is 2. The van der Waals surface area contributed by atoms with Crippen LogP contribution < -0.4 is 10.6 Å². The van der Waals surface area contributed by atoms with Gasteiger partial charge < -0.3 is 10.6 Å². The van der Waals surface area contributed by atoms with E-state index >= 15 is 0 Å². The number of hydrogen-bond acceptors (Lipinski definition) is 6. The van der Waals surface area contributed by atoms with Crippen LogP contribution in [0.4, 0.5) is 5.69 Å². The van der Waals surface area contributed by atoms with Crippen molar-refractivity contribution in [2.75, 3.05) is 11.9 Å². The summed E-state index contributed by atoms with van der Waals surface area (Å²) in [5, 5.41) is 13.5. The third-order valence-electron chi connectivity index (χ3n) is 3.96. The molecule has 140 valence electrons. The largest absolute Gasteiger partial charge is 0.340 e. The molecule has 0 aliphatic rings. The predicted molar refractivity (Wildman–Crippen MR) is 100 cm³/mol. The summed E-state index contributed by atoms with van der Waals surface area (Å²) in [7, 11) is 0. The molecular formula is C18H16N8O2. The van der Waals surface area contributed by atoms with E-state index in [1.54, 1.807) is 35.3 Å². The van der Waals surface area contributed by atoms with Gasteiger partial charge in [-0.1, -0.05) is 0 Å². The summed E-state index contributed by atoms with van der Waals surface area (Å²) in [6, 6.07) is 10.8. The van der Waals surface area contributed by atoms with Crippen LogP contribution in [0.2, 0.25) is 0 Å². The number of benzene rings is 1. The van der Waals surface area contributed by atoms with E-state index in [1.165, 1.54) is 4.52 Å². The molecule has 2 N–H and O–H groups in total. The van der Waals surface area contributed by atoms with Crippen molar-refractivity contribution in [3.8, 4) is 5.69 Å². The van der Waals surface area contributed by atoms with Gasteiger partial charge in [0.25, 0.3) is 11.7 Å². The summed E-state index contributed by atoms with van der Waals surface area (Å²) < 4.78 is 3.18. The van der Waals surface area contributed by atoms with Crippen LogP contribution in [0.3, 0.4) is 0 Å². The number of hydrogen-bond donors (Lipinski definition) is 2. The van der Waals surface area contributed by atoms with E-state index < -0.39 is 5.91 Å². The Kier molecular flexibility index (Phi) is 4.50. The van der Waals surface area contributed by atoms with Crippen molar-refractivity contribution in [1.29, 1.82) is 0 Å². The van der Waals surface area contributed by atoms with E-state index in [4.69, 9.17) is 0 Å². The molecule has 4 rings (SSSR count). The Labute approximate surface area is 159 Å². The first-order chi connectivity index (χ1) is 13.6. The molecule has 3 heterocycles. The fraction of sp³-hybridized carbons (Fsp3) is 0.111. The summed E-state index contributed by atoms with van der Waals surface area (Å²) in [4.78, 5) is 32.4. The number of amides is 2. The first-order valence-electron chi connectivity index (χ1n) is 8.47. The second-order valence-electron chi connectivity index (χ2n) is 5.96. The van der Waals surface area contributed by atoms with Gasteiger partial charge in [-0.3, -0.25) is 9.59 Å². The number of aromatic nitrogens is 6. The van der Waals surface area contributed by atoms with E-state index in [1.807, 2.05) is 31.3 Å². The average molecular weight is 376 g/mol. The van der Waals surface area contributed by atoms with Crippen molar-refractivity contribution in [3.05, 3.63) is 66.5 Å². The van der Waals surface area contributed by atoms with Gasteiger partial charge >= 0.3 is 0 Å². The summed E-state index contributed by atoms with van der Waals surface area (Å²) in [6.07, 6.45) is 5.10. The Morgan fingerprint density at radius 3 is 2.64 bits per heavy atom. The Hall–Kier alpha value is -4.08. The molecule has 28 heavy (non-hydrogen) atoms. The Morgan fingerprint density at radius 1 is 1.11 bits per heavy atom. The normalized spacial score (nSPS) is 10.8. The third kappa shape index (κ3) is 3.56. The van der Waals surface area contributed by atoms with Crippen LogP contribution in [0.1, 0.15) is 16.3 Å². The standard InChI is InChI=1S/C18H16N8O2/c1-12-7-9-19-18-23-16(24-26(12)18)17(28)20-11-15(27)22-13-3-5-14(6-4-13)25-10-2-8-21-25/h2-10H,11H2,1H3,(H,20,28)(H,22,27). The second-order valence-corrected chi connectivity index (χ2v) is 5.96. The minimum Gasteiger partial charge on any atom is -0.340 e. The quantitative estimate of drug-likeness (QED) is 0.536. The van der Waals surface area contributed by atoms with E-state index in [2.05, 4.69) is 30.8 Å². The molecule has 4 aromatic rings. The van der Waals surface area contributed by atoms with Crippen molar-refractivity contribution in [3.63, 3.8) is 0 Å². The van der Waals surface area contributed by atoms with Gasteiger partial charge in [0.05, 0.1) is 12.2 Å². The molecule has 2 amide bonds. The lowest BCUT2D eigenvalue weighted by Gasteiger charge is -2.07. The lowest BCUT2D eigenvalue weighted by molar-refractivity contribution is -0.115. The molecule has 3 aromatic heterocycles. The van der Waals surface area contributed by atoms with E-state index in [0.717, 1.165) is 11.4 Å². The molecule has 0 aliphatic carbocycles. The van der Waals surface area contributed by atoms with Crippen LogP contribution in [0.25, 0.3) is 11.5 Å². The highest BCUT2D eigenvalue weighted by atomic mass is 16.2. The van der Waals surface area contributed by atoms with Crippen molar-refractivity contribution in [2.24, 2.45) is 0 Å². The van der Waals surface area contributed by atoms with Crippen molar-refractivity contribution in [1.82, 2.24) is 34.7 Å². The van der Waals surface area contributed by atoms with Gasteiger partial charge in [-0.25, -0.2) is 14.2 Å². The van der Waals surface area contributed by atoms with Crippen molar-refractivity contribution in [2.45, 2.75) is 6.92 Å². The second kappa shape index (κ2) is 7.27. The van der Waals surface area contributed by atoms with Crippen LogP contribution >= 0.6 is 0 Å². The number of anilines is 1. The van der Waals surface area contributed by atoms with Crippen LogP contribution in [-0.4, -0.2) is 47.7 Å². The molecule has 0 aliphatic heterocycles. The van der Waals surface area contributed by atoms with Gasteiger partial charge in [0.2, 0.25) is 11.7 Å². The maximum atomic E-state index is 12.2. The van der Waals surface area contributed by atoms with Crippen LogP contribution in [0.5, 0.6) is 0 Å². The average Bonchev–Trinajstić information content (AvgIpc) is 3.37. The molecule has 0 fully saturated rings. The topological polar surface area (TPSA) is 119 Å². The van der Waals surface area contributed by atoms with Gasteiger partial charge in [-0.2, -0.15) is 10.1 Å². The van der Waals surface area contributed by atoms with E-state index in [0.29, 0.717) is 11.5 Å². The highest BCUT2D eigenvalue weighted by molar-refractivity contribution is 5.97. The summed E-state index contributed by atoms with van der Waals surface area (Å²) >= 11 is 0. The van der Waals surface area contributed by atoms with Gasteiger partial charge in [-0.05, 0) is 43.3 Å². The molecule has 0 saturated carbocycles. The van der Waals surface area contributed by atoms with Crippen LogP contribution in [-0.2, 0) is 4.79 Å². The van der Waals surface area contributed by atoms with Gasteiger partial charge in [-0.15, -0.1) is 5.10 Å². The molecule has 0 unspecified atom stereocenters. The molecule has 0 spiro atoms. The third-order valence-corrected chi connectivity index (χ3v) is 3.96. The van der Waals surface area contributed by atoms with Crippen LogP contribution in [0.15, 0.2) is 55.0 Å².